The zero-order chi connectivity index (χ0) is 17.2. The number of nitrogens with one attached hydrogen (secondary N) is 2. The van der Waals surface area contributed by atoms with Crippen LogP contribution in [-0.2, 0) is 4.79 Å². The van der Waals surface area contributed by atoms with Gasteiger partial charge < -0.3 is 10.4 Å². The predicted molar refractivity (Wildman–Crippen MR) is 92.6 cm³/mol. The minimum absolute atomic E-state index is 0.132. The Labute approximate surface area is 141 Å². The number of para-hydroxylation sites is 1. The van der Waals surface area contributed by atoms with Crippen molar-refractivity contribution in [2.45, 2.75) is 57.5 Å². The number of aromatic amines is 1. The molecule has 3 N–H and O–H groups in total. The van der Waals surface area contributed by atoms with E-state index in [-0.39, 0.29) is 18.2 Å². The normalized spacial score (nSPS) is 16.5. The summed E-state index contributed by atoms with van der Waals surface area (Å²) in [5.74, 6) is 1.46. The number of anilines is 1. The molecular weight excluding hydrogens is 304 g/mol. The van der Waals surface area contributed by atoms with E-state index in [1.807, 2.05) is 38.1 Å². The molecule has 1 aliphatic rings. The summed E-state index contributed by atoms with van der Waals surface area (Å²) >= 11 is 0. The lowest BCUT2D eigenvalue weighted by Crippen LogP contribution is -2.30. The summed E-state index contributed by atoms with van der Waals surface area (Å²) in [5.41, 5.74) is 0.583. The molecule has 6 heteroatoms. The number of carbonyl (C=O) groups excluding carboxylic acids is 1. The summed E-state index contributed by atoms with van der Waals surface area (Å²) in [6.45, 7) is 4.08. The van der Waals surface area contributed by atoms with Gasteiger partial charge in [-0.1, -0.05) is 38.8 Å². The third-order valence-corrected chi connectivity index (χ3v) is 4.52. The Hall–Kier alpha value is -2.21. The zero-order valence-corrected chi connectivity index (χ0v) is 14.2. The third-order valence-electron chi connectivity index (χ3n) is 4.52. The standard InChI is InChI=1S/C18H24N4O2/c1-12(2)16-20-17(22-21-16)13-7-3-4-8-14(13)19-15(23)11-18(24)9-5-6-10-18/h3-4,7-8,12,24H,5-6,9-11H2,1-2H3,(H,19,23)(H,20,21,22). The van der Waals surface area contributed by atoms with Gasteiger partial charge in [-0.3, -0.25) is 9.89 Å². The van der Waals surface area contributed by atoms with Crippen LogP contribution >= 0.6 is 0 Å². The molecule has 1 aromatic carbocycles. The van der Waals surface area contributed by atoms with E-state index in [9.17, 15) is 9.90 Å². The summed E-state index contributed by atoms with van der Waals surface area (Å²) in [6, 6.07) is 7.46. The molecule has 3 rings (SSSR count). The van der Waals surface area contributed by atoms with Gasteiger partial charge in [0.1, 0.15) is 5.82 Å². The highest BCUT2D eigenvalue weighted by Gasteiger charge is 2.33. The number of rotatable bonds is 5. The van der Waals surface area contributed by atoms with Crippen molar-refractivity contribution in [1.29, 1.82) is 0 Å². The van der Waals surface area contributed by atoms with Crippen molar-refractivity contribution in [1.82, 2.24) is 15.2 Å². The molecule has 0 atom stereocenters. The van der Waals surface area contributed by atoms with E-state index in [1.54, 1.807) is 0 Å². The van der Waals surface area contributed by atoms with Crippen molar-refractivity contribution >= 4 is 11.6 Å². The second-order valence-corrected chi connectivity index (χ2v) is 6.90. The molecule has 2 aromatic rings. The quantitative estimate of drug-likeness (QED) is 0.786. The maximum atomic E-state index is 12.4. The van der Waals surface area contributed by atoms with Crippen LogP contribution in [0, 0.1) is 0 Å². The molecule has 0 saturated heterocycles. The fourth-order valence-electron chi connectivity index (χ4n) is 3.14. The molecule has 0 bridgehead atoms. The van der Waals surface area contributed by atoms with Gasteiger partial charge in [0.05, 0.1) is 17.7 Å². The molecule has 1 aromatic heterocycles. The highest BCUT2D eigenvalue weighted by molar-refractivity contribution is 5.95. The summed E-state index contributed by atoms with van der Waals surface area (Å²) in [5, 5.41) is 20.5. The third kappa shape index (κ3) is 3.64. The summed E-state index contributed by atoms with van der Waals surface area (Å²) < 4.78 is 0. The fourth-order valence-corrected chi connectivity index (χ4v) is 3.14. The lowest BCUT2D eigenvalue weighted by Gasteiger charge is -2.21. The van der Waals surface area contributed by atoms with Crippen molar-refractivity contribution in [3.8, 4) is 11.4 Å². The van der Waals surface area contributed by atoms with Crippen LogP contribution in [0.25, 0.3) is 11.4 Å². The van der Waals surface area contributed by atoms with Crippen LogP contribution < -0.4 is 5.32 Å². The van der Waals surface area contributed by atoms with Gasteiger partial charge in [-0.2, -0.15) is 5.10 Å². The Morgan fingerprint density at radius 1 is 1.33 bits per heavy atom. The van der Waals surface area contributed by atoms with Crippen LogP contribution in [0.4, 0.5) is 5.69 Å². The number of aliphatic hydroxyl groups is 1. The Morgan fingerprint density at radius 3 is 2.71 bits per heavy atom. The summed E-state index contributed by atoms with van der Waals surface area (Å²) in [4.78, 5) is 16.8. The molecular formula is C18H24N4O2. The Kier molecular flexibility index (Phi) is 4.66. The first-order valence-corrected chi connectivity index (χ1v) is 8.51. The van der Waals surface area contributed by atoms with E-state index in [0.717, 1.165) is 24.2 Å². The lowest BCUT2D eigenvalue weighted by molar-refractivity contribution is -0.120. The average Bonchev–Trinajstić information content (AvgIpc) is 3.17. The SMILES string of the molecule is CC(C)c1nc(-c2ccccc2NC(=O)CC2(O)CCCC2)n[nH]1. The van der Waals surface area contributed by atoms with Gasteiger partial charge >= 0.3 is 0 Å². The Balaban J connectivity index is 1.77. The van der Waals surface area contributed by atoms with Crippen LogP contribution in [0.15, 0.2) is 24.3 Å². The van der Waals surface area contributed by atoms with E-state index < -0.39 is 5.60 Å². The van der Waals surface area contributed by atoms with Gasteiger partial charge in [-0.15, -0.1) is 0 Å². The number of amides is 1. The van der Waals surface area contributed by atoms with Gasteiger partial charge in [0.25, 0.3) is 0 Å². The second-order valence-electron chi connectivity index (χ2n) is 6.90. The van der Waals surface area contributed by atoms with Gasteiger partial charge in [0.15, 0.2) is 5.82 Å². The second kappa shape index (κ2) is 6.73. The minimum Gasteiger partial charge on any atom is -0.389 e. The van der Waals surface area contributed by atoms with Crippen LogP contribution in [0.2, 0.25) is 0 Å². The zero-order valence-electron chi connectivity index (χ0n) is 14.2. The first-order valence-electron chi connectivity index (χ1n) is 8.51. The van der Waals surface area contributed by atoms with Crippen molar-refractivity contribution in [3.63, 3.8) is 0 Å². The van der Waals surface area contributed by atoms with Crippen molar-refractivity contribution in [3.05, 3.63) is 30.1 Å². The number of carbonyl (C=O) groups is 1. The molecule has 6 nitrogen and oxygen atoms in total. The topological polar surface area (TPSA) is 90.9 Å². The molecule has 1 saturated carbocycles. The lowest BCUT2D eigenvalue weighted by atomic mass is 9.97. The van der Waals surface area contributed by atoms with E-state index in [0.29, 0.717) is 24.4 Å². The largest absolute Gasteiger partial charge is 0.389 e. The van der Waals surface area contributed by atoms with E-state index in [2.05, 4.69) is 20.5 Å². The first kappa shape index (κ1) is 16.6. The van der Waals surface area contributed by atoms with Crippen molar-refractivity contribution in [2.75, 3.05) is 5.32 Å². The molecule has 0 spiro atoms. The number of benzene rings is 1. The average molecular weight is 328 g/mol. The first-order chi connectivity index (χ1) is 11.5. The molecule has 1 amide bonds. The highest BCUT2D eigenvalue weighted by atomic mass is 16.3. The fraction of sp³-hybridized carbons (Fsp3) is 0.500. The molecule has 1 fully saturated rings. The molecule has 1 heterocycles. The molecule has 128 valence electrons. The summed E-state index contributed by atoms with van der Waals surface area (Å²) in [6.07, 6.45) is 3.49. The van der Waals surface area contributed by atoms with Crippen molar-refractivity contribution < 1.29 is 9.90 Å². The number of H-pyrrole nitrogens is 1. The molecule has 0 aliphatic heterocycles. The number of hydrogen-bond acceptors (Lipinski definition) is 4. The molecule has 0 unspecified atom stereocenters. The van der Waals surface area contributed by atoms with E-state index >= 15 is 0 Å². The van der Waals surface area contributed by atoms with Gasteiger partial charge in [-0.05, 0) is 25.0 Å². The van der Waals surface area contributed by atoms with Gasteiger partial charge in [0, 0.05) is 11.5 Å². The van der Waals surface area contributed by atoms with Crippen LogP contribution in [0.3, 0.4) is 0 Å². The van der Waals surface area contributed by atoms with Crippen LogP contribution in [-0.4, -0.2) is 31.8 Å². The maximum absolute atomic E-state index is 12.4. The van der Waals surface area contributed by atoms with E-state index in [1.165, 1.54) is 0 Å². The van der Waals surface area contributed by atoms with Gasteiger partial charge in [0.2, 0.25) is 5.91 Å². The highest BCUT2D eigenvalue weighted by Crippen LogP contribution is 2.33. The monoisotopic (exact) mass is 328 g/mol. The minimum atomic E-state index is -0.853. The van der Waals surface area contributed by atoms with E-state index in [4.69, 9.17) is 0 Å². The van der Waals surface area contributed by atoms with Crippen LogP contribution in [0.5, 0.6) is 0 Å². The maximum Gasteiger partial charge on any atom is 0.227 e. The molecule has 0 radical (unpaired) electrons. The molecule has 24 heavy (non-hydrogen) atoms. The number of hydrogen-bond donors (Lipinski definition) is 3. The van der Waals surface area contributed by atoms with Crippen LogP contribution in [0.1, 0.15) is 57.7 Å². The summed E-state index contributed by atoms with van der Waals surface area (Å²) in [7, 11) is 0. The smallest absolute Gasteiger partial charge is 0.227 e. The Bertz CT molecular complexity index is 717. The van der Waals surface area contributed by atoms with Gasteiger partial charge in [-0.25, -0.2) is 4.98 Å². The Morgan fingerprint density at radius 2 is 2.04 bits per heavy atom. The molecule has 1 aliphatic carbocycles. The number of nitrogens with zero attached hydrogens (tertiary/aromatic N) is 2. The predicted octanol–water partition coefficient (Wildman–Crippen LogP) is 3.23. The van der Waals surface area contributed by atoms with Crippen molar-refractivity contribution in [2.24, 2.45) is 0 Å². The number of aromatic nitrogens is 3.